The average molecular weight is 340 g/mol. The molecule has 0 radical (unpaired) electrons. The molecule has 8 heteroatoms. The van der Waals surface area contributed by atoms with Crippen LogP contribution in [0, 0.1) is 0 Å². The van der Waals surface area contributed by atoms with Gasteiger partial charge in [0, 0.05) is 7.05 Å². The summed E-state index contributed by atoms with van der Waals surface area (Å²) >= 11 is 0. The normalized spacial score (nSPS) is 30.9. The van der Waals surface area contributed by atoms with Crippen molar-refractivity contribution >= 4 is 12.1 Å². The lowest BCUT2D eigenvalue weighted by atomic mass is 9.90. The number of aliphatic hydroxyl groups is 2. The first-order valence-electron chi connectivity index (χ1n) is 8.06. The van der Waals surface area contributed by atoms with E-state index in [4.69, 9.17) is 4.74 Å². The Bertz CT molecular complexity index is 537. The van der Waals surface area contributed by atoms with Crippen LogP contribution in [0.2, 0.25) is 0 Å². The Kier molecular flexibility index (Phi) is 4.83. The Balaban J connectivity index is 2.09. The molecule has 0 aliphatic carbocycles. The topological polar surface area (TPSA) is 97.6 Å². The highest BCUT2D eigenvalue weighted by Gasteiger charge is 2.63. The smallest absolute Gasteiger partial charge is 0.410 e. The highest BCUT2D eigenvalue weighted by Crippen LogP contribution is 2.39. The van der Waals surface area contributed by atoms with E-state index in [1.54, 1.807) is 38.9 Å². The van der Waals surface area contributed by atoms with Gasteiger partial charge in [0.2, 0.25) is 0 Å². The summed E-state index contributed by atoms with van der Waals surface area (Å²) in [4.78, 5) is 19.5. The van der Waals surface area contributed by atoms with Crippen molar-refractivity contribution in [3.8, 4) is 0 Å². The van der Waals surface area contributed by atoms with Crippen LogP contribution in [0.15, 0.2) is 17.3 Å². The Morgan fingerprint density at radius 3 is 2.08 bits per heavy atom. The van der Waals surface area contributed by atoms with E-state index in [9.17, 15) is 15.0 Å². The van der Waals surface area contributed by atoms with E-state index >= 15 is 0 Å². The zero-order chi connectivity index (χ0) is 18.2. The Labute approximate surface area is 142 Å². The van der Waals surface area contributed by atoms with Gasteiger partial charge in [-0.15, -0.1) is 0 Å². The number of nitrogens with zero attached hydrogens (tertiary/aromatic N) is 3. The first-order chi connectivity index (χ1) is 11.0. The van der Waals surface area contributed by atoms with Crippen LogP contribution in [0.5, 0.6) is 0 Å². The quantitative estimate of drug-likeness (QED) is 0.463. The minimum absolute atomic E-state index is 0.0233. The van der Waals surface area contributed by atoms with Gasteiger partial charge in [0.1, 0.15) is 16.8 Å². The van der Waals surface area contributed by atoms with Gasteiger partial charge in [-0.25, -0.2) is 4.79 Å². The molecule has 3 N–H and O–H groups in total. The highest BCUT2D eigenvalue weighted by molar-refractivity contribution is 5.81. The third-order valence-corrected chi connectivity index (χ3v) is 4.22. The van der Waals surface area contributed by atoms with Crippen LogP contribution in [0.4, 0.5) is 4.79 Å². The average Bonchev–Trinajstić information content (AvgIpc) is 2.83. The molecule has 0 saturated carbocycles. The lowest BCUT2D eigenvalue weighted by molar-refractivity contribution is -0.0797. The number of ether oxygens (including phenoxy) is 1. The molecule has 0 aromatic heterocycles. The van der Waals surface area contributed by atoms with Crippen molar-refractivity contribution in [1.82, 2.24) is 15.1 Å². The number of allylic oxidation sites excluding steroid dienone is 1. The van der Waals surface area contributed by atoms with Gasteiger partial charge in [0.05, 0.1) is 26.2 Å². The van der Waals surface area contributed by atoms with Crippen LogP contribution in [0.3, 0.4) is 0 Å². The number of guanidine groups is 1. The number of rotatable bonds is 1. The number of aliphatic imine (C=N–C) groups is 1. The predicted molar refractivity (Wildman–Crippen MR) is 90.6 cm³/mol. The second kappa shape index (κ2) is 6.25. The van der Waals surface area contributed by atoms with E-state index < -0.39 is 22.9 Å². The van der Waals surface area contributed by atoms with Gasteiger partial charge in [0.25, 0.3) is 0 Å². The fourth-order valence-corrected chi connectivity index (χ4v) is 3.12. The van der Waals surface area contributed by atoms with Gasteiger partial charge < -0.3 is 30.1 Å². The van der Waals surface area contributed by atoms with Crippen molar-refractivity contribution in [1.29, 1.82) is 0 Å². The van der Waals surface area contributed by atoms with E-state index in [2.05, 4.69) is 10.3 Å². The molecule has 2 rings (SSSR count). The van der Waals surface area contributed by atoms with Crippen LogP contribution < -0.4 is 5.32 Å². The summed E-state index contributed by atoms with van der Waals surface area (Å²) in [7, 11) is 1.64. The lowest BCUT2D eigenvalue weighted by Gasteiger charge is -2.27. The molecular formula is C16H28N4O4. The summed E-state index contributed by atoms with van der Waals surface area (Å²) in [5.41, 5.74) is -3.46. The Morgan fingerprint density at radius 2 is 1.67 bits per heavy atom. The number of amides is 1. The third kappa shape index (κ3) is 3.49. The summed E-state index contributed by atoms with van der Waals surface area (Å²) in [6.45, 7) is 7.63. The van der Waals surface area contributed by atoms with Gasteiger partial charge in [-0.3, -0.25) is 4.99 Å². The SMILES string of the molecule is C/C=C\NC(=NC)N1CC2(O)CN(C(=O)OC(C)(C)C)CC2(O)C1. The molecular weight excluding hydrogens is 312 g/mol. The highest BCUT2D eigenvalue weighted by atomic mass is 16.6. The van der Waals surface area contributed by atoms with Crippen molar-refractivity contribution in [3.63, 3.8) is 0 Å². The third-order valence-electron chi connectivity index (χ3n) is 4.22. The van der Waals surface area contributed by atoms with E-state index in [1.165, 1.54) is 4.90 Å². The first-order valence-corrected chi connectivity index (χ1v) is 8.06. The van der Waals surface area contributed by atoms with E-state index in [1.807, 2.05) is 13.0 Å². The first kappa shape index (κ1) is 18.5. The predicted octanol–water partition coefficient (Wildman–Crippen LogP) is 0.124. The fourth-order valence-electron chi connectivity index (χ4n) is 3.12. The van der Waals surface area contributed by atoms with Crippen LogP contribution in [0.1, 0.15) is 27.7 Å². The molecule has 2 atom stereocenters. The number of fused-ring (bicyclic) bond motifs is 1. The maximum atomic E-state index is 12.2. The second-order valence-electron chi connectivity index (χ2n) is 7.45. The molecule has 2 heterocycles. The summed E-state index contributed by atoms with van der Waals surface area (Å²) < 4.78 is 5.33. The minimum atomic E-state index is -1.42. The summed E-state index contributed by atoms with van der Waals surface area (Å²) in [6.07, 6.45) is 3.04. The maximum absolute atomic E-state index is 12.2. The molecule has 0 aromatic carbocycles. The molecule has 8 nitrogen and oxygen atoms in total. The van der Waals surface area contributed by atoms with Crippen LogP contribution in [-0.4, -0.2) is 82.1 Å². The van der Waals surface area contributed by atoms with E-state index in [-0.39, 0.29) is 26.2 Å². The van der Waals surface area contributed by atoms with Crippen molar-refractivity contribution in [2.24, 2.45) is 4.99 Å². The number of hydrogen-bond donors (Lipinski definition) is 3. The van der Waals surface area contributed by atoms with Gasteiger partial charge in [-0.1, -0.05) is 6.08 Å². The number of hydrogen-bond acceptors (Lipinski definition) is 5. The second-order valence-corrected chi connectivity index (χ2v) is 7.45. The van der Waals surface area contributed by atoms with Crippen LogP contribution >= 0.6 is 0 Å². The molecule has 2 saturated heterocycles. The molecule has 0 aromatic rings. The fraction of sp³-hybridized carbons (Fsp3) is 0.750. The molecule has 136 valence electrons. The molecule has 0 spiro atoms. The molecule has 2 aliphatic rings. The largest absolute Gasteiger partial charge is 0.444 e. The zero-order valence-corrected chi connectivity index (χ0v) is 15.0. The van der Waals surface area contributed by atoms with Gasteiger partial charge in [-0.2, -0.15) is 0 Å². The molecule has 2 unspecified atom stereocenters. The van der Waals surface area contributed by atoms with Crippen LogP contribution in [0.25, 0.3) is 0 Å². The standard InChI is InChI=1S/C16H28N4O4/c1-6-7-18-12(17-5)19-8-15(22)10-20(11-16(15,23)9-19)13(21)24-14(2,3)4/h6-7,22-23H,8-11H2,1-5H3,(H,17,18)/b7-6-. The number of nitrogens with one attached hydrogen (secondary N) is 1. The van der Waals surface area contributed by atoms with E-state index in [0.29, 0.717) is 5.96 Å². The van der Waals surface area contributed by atoms with Crippen molar-refractivity contribution in [2.45, 2.75) is 44.5 Å². The monoisotopic (exact) mass is 340 g/mol. The zero-order valence-electron chi connectivity index (χ0n) is 15.0. The van der Waals surface area contributed by atoms with Crippen molar-refractivity contribution in [3.05, 3.63) is 12.3 Å². The molecule has 1 amide bonds. The van der Waals surface area contributed by atoms with Gasteiger partial charge in [0.15, 0.2) is 5.96 Å². The molecule has 2 aliphatic heterocycles. The number of carbonyl (C=O) groups excluding carboxylic acids is 1. The molecule has 0 bridgehead atoms. The number of likely N-dealkylation sites (tertiary alicyclic amines) is 2. The van der Waals surface area contributed by atoms with Gasteiger partial charge in [-0.05, 0) is 33.9 Å². The van der Waals surface area contributed by atoms with Gasteiger partial charge >= 0.3 is 6.09 Å². The number of carbonyl (C=O) groups is 1. The summed E-state index contributed by atoms with van der Waals surface area (Å²) in [6, 6.07) is 0. The number of β-amino-alcohol motifs (C(OH)–C–C–N with tert-alkyl or cyclic N) is 2. The Hall–Kier alpha value is -1.80. The van der Waals surface area contributed by atoms with Crippen LogP contribution in [-0.2, 0) is 4.74 Å². The molecule has 2 fully saturated rings. The minimum Gasteiger partial charge on any atom is -0.444 e. The Morgan fingerprint density at radius 1 is 1.17 bits per heavy atom. The molecule has 24 heavy (non-hydrogen) atoms. The lowest BCUT2D eigenvalue weighted by Crippen LogP contribution is -2.52. The summed E-state index contributed by atoms with van der Waals surface area (Å²) in [5, 5.41) is 24.8. The summed E-state index contributed by atoms with van der Waals surface area (Å²) in [5.74, 6) is 0.563. The van der Waals surface area contributed by atoms with Crippen molar-refractivity contribution < 1.29 is 19.7 Å². The van der Waals surface area contributed by atoms with Crippen molar-refractivity contribution in [2.75, 3.05) is 33.2 Å². The van der Waals surface area contributed by atoms with E-state index in [0.717, 1.165) is 0 Å². The maximum Gasteiger partial charge on any atom is 0.410 e.